The van der Waals surface area contributed by atoms with Crippen LogP contribution in [-0.2, 0) is 4.79 Å². The maximum Gasteiger partial charge on any atom is 0.263 e. The van der Waals surface area contributed by atoms with Crippen molar-refractivity contribution in [1.82, 2.24) is 4.90 Å². The third-order valence-electron chi connectivity index (χ3n) is 3.02. The van der Waals surface area contributed by atoms with Gasteiger partial charge in [-0.25, -0.2) is 0 Å². The van der Waals surface area contributed by atoms with E-state index in [2.05, 4.69) is 15.9 Å². The highest BCUT2D eigenvalue weighted by Gasteiger charge is 2.29. The van der Waals surface area contributed by atoms with Crippen LogP contribution in [0.4, 0.5) is 0 Å². The van der Waals surface area contributed by atoms with Crippen LogP contribution >= 0.6 is 27.5 Å². The lowest BCUT2D eigenvalue weighted by Gasteiger charge is -2.21. The van der Waals surface area contributed by atoms with E-state index in [0.717, 1.165) is 0 Å². The molecular weight excluding hydrogens is 334 g/mol. The van der Waals surface area contributed by atoms with Gasteiger partial charge in [0, 0.05) is 18.1 Å². The molecule has 1 aromatic carbocycles. The summed E-state index contributed by atoms with van der Waals surface area (Å²) in [4.78, 5) is 13.7. The maximum absolute atomic E-state index is 12.1. The van der Waals surface area contributed by atoms with Gasteiger partial charge in [-0.2, -0.15) is 0 Å². The second kappa shape index (κ2) is 6.11. The molecule has 6 heteroatoms. The molecular formula is C13H15BrClNO3. The zero-order chi connectivity index (χ0) is 14.0. The molecule has 1 unspecified atom stereocenters. The normalized spacial score (nSPS) is 20.4. The van der Waals surface area contributed by atoms with E-state index in [4.69, 9.17) is 16.3 Å². The average Bonchev–Trinajstić information content (AvgIpc) is 2.78. The molecule has 0 aromatic heterocycles. The predicted molar refractivity (Wildman–Crippen MR) is 76.4 cm³/mol. The van der Waals surface area contributed by atoms with E-state index < -0.39 is 12.2 Å². The maximum atomic E-state index is 12.1. The number of halogens is 2. The van der Waals surface area contributed by atoms with Gasteiger partial charge in [0.15, 0.2) is 6.10 Å². The quantitative estimate of drug-likeness (QED) is 0.913. The fraction of sp³-hybridized carbons (Fsp3) is 0.462. The Morgan fingerprint density at radius 2 is 2.37 bits per heavy atom. The Morgan fingerprint density at radius 1 is 1.63 bits per heavy atom. The van der Waals surface area contributed by atoms with Crippen LogP contribution in [0.1, 0.15) is 13.3 Å². The number of β-amino-alcohol motifs (C(OH)–C–C–N with tert-alkyl or cyclic N) is 1. The molecule has 2 atom stereocenters. The molecule has 2 rings (SSSR count). The molecule has 0 spiro atoms. The number of rotatable bonds is 3. The van der Waals surface area contributed by atoms with Crippen LogP contribution in [0.2, 0.25) is 5.02 Å². The molecule has 0 radical (unpaired) electrons. The molecule has 104 valence electrons. The summed E-state index contributed by atoms with van der Waals surface area (Å²) in [6, 6.07) is 5.14. The first kappa shape index (κ1) is 14.6. The Labute approximate surface area is 125 Å². The van der Waals surface area contributed by atoms with Crippen molar-refractivity contribution in [2.45, 2.75) is 25.6 Å². The van der Waals surface area contributed by atoms with Crippen molar-refractivity contribution < 1.29 is 14.6 Å². The number of benzene rings is 1. The van der Waals surface area contributed by atoms with Crippen LogP contribution < -0.4 is 4.74 Å². The molecule has 4 nitrogen and oxygen atoms in total. The SMILES string of the molecule is CC(Oc1ccc(Cl)cc1Br)C(=O)N1CC[C@@H](O)C1. The summed E-state index contributed by atoms with van der Waals surface area (Å²) >= 11 is 9.19. The van der Waals surface area contributed by atoms with Crippen molar-refractivity contribution in [3.05, 3.63) is 27.7 Å². The van der Waals surface area contributed by atoms with E-state index in [0.29, 0.717) is 34.8 Å². The van der Waals surface area contributed by atoms with Gasteiger partial charge in [0.25, 0.3) is 5.91 Å². The van der Waals surface area contributed by atoms with Gasteiger partial charge in [-0.05, 0) is 47.5 Å². The number of aliphatic hydroxyl groups is 1. The number of amides is 1. The summed E-state index contributed by atoms with van der Waals surface area (Å²) in [5.74, 6) is 0.461. The fourth-order valence-electron chi connectivity index (χ4n) is 2.01. The zero-order valence-electron chi connectivity index (χ0n) is 10.5. The first-order valence-electron chi connectivity index (χ1n) is 6.06. The summed E-state index contributed by atoms with van der Waals surface area (Å²) in [7, 11) is 0. The van der Waals surface area contributed by atoms with Crippen molar-refractivity contribution in [3.63, 3.8) is 0 Å². The predicted octanol–water partition coefficient (Wildman–Crippen LogP) is 2.46. The van der Waals surface area contributed by atoms with Crippen LogP contribution in [0.25, 0.3) is 0 Å². The van der Waals surface area contributed by atoms with Gasteiger partial charge < -0.3 is 14.7 Å². The van der Waals surface area contributed by atoms with Crippen LogP contribution in [0, 0.1) is 0 Å². The summed E-state index contributed by atoms with van der Waals surface area (Å²) in [6.45, 7) is 2.66. The van der Waals surface area contributed by atoms with Gasteiger partial charge in [0.2, 0.25) is 0 Å². The molecule has 1 N–H and O–H groups in total. The van der Waals surface area contributed by atoms with Crippen LogP contribution in [-0.4, -0.2) is 41.2 Å². The fourth-order valence-corrected chi connectivity index (χ4v) is 2.79. The molecule has 1 aliphatic heterocycles. The van der Waals surface area contributed by atoms with Crippen molar-refractivity contribution >= 4 is 33.4 Å². The standard InChI is InChI=1S/C13H15BrClNO3/c1-8(13(18)16-5-4-10(17)7-16)19-12-3-2-9(15)6-11(12)14/h2-3,6,8,10,17H,4-5,7H2,1H3/t8?,10-/m1/s1. The lowest BCUT2D eigenvalue weighted by atomic mass is 10.3. The third kappa shape index (κ3) is 3.61. The number of hydrogen-bond donors (Lipinski definition) is 1. The van der Waals surface area contributed by atoms with Crippen LogP contribution in [0.15, 0.2) is 22.7 Å². The highest BCUT2D eigenvalue weighted by molar-refractivity contribution is 9.10. The summed E-state index contributed by atoms with van der Waals surface area (Å²) in [5.41, 5.74) is 0. The van der Waals surface area contributed by atoms with Gasteiger partial charge in [-0.1, -0.05) is 11.6 Å². The van der Waals surface area contributed by atoms with Crippen molar-refractivity contribution in [1.29, 1.82) is 0 Å². The first-order chi connectivity index (χ1) is 8.97. The zero-order valence-corrected chi connectivity index (χ0v) is 12.8. The largest absolute Gasteiger partial charge is 0.480 e. The number of carbonyl (C=O) groups is 1. The molecule has 1 fully saturated rings. The number of carbonyl (C=O) groups excluding carboxylic acids is 1. The Hall–Kier alpha value is -0.780. The molecule has 1 aromatic rings. The monoisotopic (exact) mass is 347 g/mol. The van der Waals surface area contributed by atoms with Gasteiger partial charge >= 0.3 is 0 Å². The lowest BCUT2D eigenvalue weighted by molar-refractivity contribution is -0.137. The Morgan fingerprint density at radius 3 is 2.95 bits per heavy atom. The van der Waals surface area contributed by atoms with Crippen molar-refractivity contribution in [2.24, 2.45) is 0 Å². The Balaban J connectivity index is 2.00. The van der Waals surface area contributed by atoms with E-state index in [1.807, 2.05) is 0 Å². The van der Waals surface area contributed by atoms with Gasteiger partial charge in [-0.15, -0.1) is 0 Å². The van der Waals surface area contributed by atoms with E-state index >= 15 is 0 Å². The van der Waals surface area contributed by atoms with Gasteiger partial charge in [-0.3, -0.25) is 4.79 Å². The topological polar surface area (TPSA) is 49.8 Å². The van der Waals surface area contributed by atoms with Crippen molar-refractivity contribution in [2.75, 3.05) is 13.1 Å². The lowest BCUT2D eigenvalue weighted by Crippen LogP contribution is -2.39. The minimum absolute atomic E-state index is 0.113. The average molecular weight is 349 g/mol. The molecule has 1 saturated heterocycles. The Bertz CT molecular complexity index is 483. The van der Waals surface area contributed by atoms with E-state index in [-0.39, 0.29) is 5.91 Å². The first-order valence-corrected chi connectivity index (χ1v) is 7.23. The Kier molecular flexibility index (Phi) is 4.71. The summed E-state index contributed by atoms with van der Waals surface area (Å²) in [5, 5.41) is 10.0. The van der Waals surface area contributed by atoms with E-state index in [1.54, 1.807) is 30.0 Å². The smallest absolute Gasteiger partial charge is 0.263 e. The van der Waals surface area contributed by atoms with Gasteiger partial charge in [0.1, 0.15) is 5.75 Å². The number of aliphatic hydroxyl groups excluding tert-OH is 1. The summed E-state index contributed by atoms with van der Waals surface area (Å²) in [6.07, 6.45) is -0.385. The molecule has 19 heavy (non-hydrogen) atoms. The molecule has 1 amide bonds. The van der Waals surface area contributed by atoms with Crippen LogP contribution in [0.5, 0.6) is 5.75 Å². The molecule has 0 bridgehead atoms. The minimum Gasteiger partial charge on any atom is -0.480 e. The second-order valence-electron chi connectivity index (χ2n) is 4.56. The van der Waals surface area contributed by atoms with Crippen molar-refractivity contribution in [3.8, 4) is 5.75 Å². The molecule has 0 aliphatic carbocycles. The second-order valence-corrected chi connectivity index (χ2v) is 5.85. The van der Waals surface area contributed by atoms with E-state index in [1.165, 1.54) is 0 Å². The van der Waals surface area contributed by atoms with Crippen LogP contribution in [0.3, 0.4) is 0 Å². The van der Waals surface area contributed by atoms with E-state index in [9.17, 15) is 9.90 Å². The highest BCUT2D eigenvalue weighted by atomic mass is 79.9. The molecule has 1 aliphatic rings. The molecule has 0 saturated carbocycles. The highest BCUT2D eigenvalue weighted by Crippen LogP contribution is 2.29. The number of hydrogen-bond acceptors (Lipinski definition) is 3. The molecule has 1 heterocycles. The summed E-state index contributed by atoms with van der Waals surface area (Å²) < 4.78 is 6.34. The van der Waals surface area contributed by atoms with Gasteiger partial charge in [0.05, 0.1) is 10.6 Å². The number of ether oxygens (including phenoxy) is 1. The third-order valence-corrected chi connectivity index (χ3v) is 3.88. The minimum atomic E-state index is -0.595. The number of nitrogens with zero attached hydrogens (tertiary/aromatic N) is 1. The number of likely N-dealkylation sites (tertiary alicyclic amines) is 1.